The maximum atomic E-state index is 10.2. The number of nitrogens with zero attached hydrogens (tertiary/aromatic N) is 2. The first-order valence-corrected chi connectivity index (χ1v) is 4.52. The molecule has 0 amide bonds. The number of halogens is 1. The predicted molar refractivity (Wildman–Crippen MR) is 56.3 cm³/mol. The van der Waals surface area contributed by atoms with E-state index in [1.54, 1.807) is 18.3 Å². The minimum atomic E-state index is 0.130. The highest BCUT2D eigenvalue weighted by Gasteiger charge is 2.04. The van der Waals surface area contributed by atoms with Crippen molar-refractivity contribution in [2.24, 2.45) is 5.18 Å². The second-order valence-electron chi connectivity index (χ2n) is 2.89. The third-order valence-corrected chi connectivity index (χ3v) is 2.36. The molecule has 3 nitrogen and oxygen atoms in total. The van der Waals surface area contributed by atoms with E-state index < -0.39 is 0 Å². The van der Waals surface area contributed by atoms with Crippen LogP contribution < -0.4 is 0 Å². The van der Waals surface area contributed by atoms with E-state index in [0.717, 1.165) is 16.5 Å². The second-order valence-corrected chi connectivity index (χ2v) is 3.30. The summed E-state index contributed by atoms with van der Waals surface area (Å²) >= 11 is 5.98. The summed E-state index contributed by atoms with van der Waals surface area (Å²) < 4.78 is 0. The van der Waals surface area contributed by atoms with E-state index in [9.17, 15) is 4.91 Å². The molecule has 0 fully saturated rings. The van der Waals surface area contributed by atoms with Gasteiger partial charge in [0, 0.05) is 22.2 Å². The zero-order valence-corrected chi connectivity index (χ0v) is 8.03. The fraction of sp³-hybridized carbons (Fsp3) is 0.100. The number of hydrogen-bond acceptors (Lipinski definition) is 3. The van der Waals surface area contributed by atoms with Crippen LogP contribution >= 0.6 is 11.6 Å². The first-order chi connectivity index (χ1) is 6.83. The van der Waals surface area contributed by atoms with E-state index in [2.05, 4.69) is 10.2 Å². The first kappa shape index (κ1) is 9.09. The zero-order chi connectivity index (χ0) is 9.97. The van der Waals surface area contributed by atoms with Gasteiger partial charge in [-0.15, -0.1) is 0 Å². The number of fused-ring (bicyclic) bond motifs is 1. The molecule has 0 atom stereocenters. The largest absolute Gasteiger partial charge is 0.256 e. The van der Waals surface area contributed by atoms with E-state index in [-0.39, 0.29) is 6.54 Å². The molecule has 0 bridgehead atoms. The van der Waals surface area contributed by atoms with Crippen LogP contribution in [0.2, 0.25) is 5.02 Å². The molecule has 0 unspecified atom stereocenters. The van der Waals surface area contributed by atoms with Gasteiger partial charge in [0.05, 0.1) is 5.52 Å². The van der Waals surface area contributed by atoms with Crippen molar-refractivity contribution in [1.82, 2.24) is 4.98 Å². The lowest BCUT2D eigenvalue weighted by Crippen LogP contribution is -1.87. The van der Waals surface area contributed by atoms with Crippen molar-refractivity contribution in [2.75, 3.05) is 0 Å². The number of benzene rings is 1. The van der Waals surface area contributed by atoms with Gasteiger partial charge >= 0.3 is 0 Å². The van der Waals surface area contributed by atoms with Crippen LogP contribution in [-0.4, -0.2) is 4.98 Å². The average Bonchev–Trinajstić information content (AvgIpc) is 2.23. The number of aromatic nitrogens is 1. The van der Waals surface area contributed by atoms with Crippen molar-refractivity contribution in [1.29, 1.82) is 0 Å². The summed E-state index contributed by atoms with van der Waals surface area (Å²) in [7, 11) is 0. The summed E-state index contributed by atoms with van der Waals surface area (Å²) in [5, 5.41) is 4.35. The van der Waals surface area contributed by atoms with Crippen molar-refractivity contribution < 1.29 is 0 Å². The Hall–Kier alpha value is -1.48. The van der Waals surface area contributed by atoms with E-state index >= 15 is 0 Å². The highest BCUT2D eigenvalue weighted by Crippen LogP contribution is 2.24. The molecular weight excluding hydrogens is 200 g/mol. The molecular formula is C10H7ClN2O. The van der Waals surface area contributed by atoms with E-state index in [1.165, 1.54) is 0 Å². The maximum Gasteiger partial charge on any atom is 0.108 e. The van der Waals surface area contributed by atoms with Crippen LogP contribution in [0.5, 0.6) is 0 Å². The summed E-state index contributed by atoms with van der Waals surface area (Å²) in [6.07, 6.45) is 1.67. The van der Waals surface area contributed by atoms with Crippen molar-refractivity contribution in [3.8, 4) is 0 Å². The number of pyridine rings is 1. The summed E-state index contributed by atoms with van der Waals surface area (Å²) in [4.78, 5) is 14.4. The van der Waals surface area contributed by atoms with E-state index in [4.69, 9.17) is 11.6 Å². The van der Waals surface area contributed by atoms with Crippen LogP contribution in [0.15, 0.2) is 35.6 Å². The normalized spacial score (nSPS) is 10.4. The number of nitroso groups, excluding NO2 is 1. The van der Waals surface area contributed by atoms with Crippen LogP contribution in [0.4, 0.5) is 0 Å². The van der Waals surface area contributed by atoms with Crippen molar-refractivity contribution in [3.05, 3.63) is 46.0 Å². The maximum absolute atomic E-state index is 10.2. The summed E-state index contributed by atoms with van der Waals surface area (Å²) in [6.45, 7) is 0.130. The summed E-state index contributed by atoms with van der Waals surface area (Å²) in [5.74, 6) is 0. The van der Waals surface area contributed by atoms with Gasteiger partial charge in [-0.25, -0.2) is 0 Å². The Morgan fingerprint density at radius 1 is 1.36 bits per heavy atom. The molecule has 0 aliphatic carbocycles. The van der Waals surface area contributed by atoms with Gasteiger partial charge in [0.1, 0.15) is 6.54 Å². The molecule has 0 saturated carbocycles. The Bertz CT molecular complexity index is 485. The molecule has 0 spiro atoms. The Balaban J connectivity index is 2.74. The summed E-state index contributed by atoms with van der Waals surface area (Å²) in [5.41, 5.74) is 1.56. The first-order valence-electron chi connectivity index (χ1n) is 4.14. The smallest absolute Gasteiger partial charge is 0.108 e. The third-order valence-electron chi connectivity index (χ3n) is 2.03. The molecule has 0 saturated heterocycles. The molecule has 0 N–H and O–H groups in total. The van der Waals surface area contributed by atoms with Crippen LogP contribution in [0.3, 0.4) is 0 Å². The molecule has 1 heterocycles. The van der Waals surface area contributed by atoms with Crippen molar-refractivity contribution in [2.45, 2.75) is 6.54 Å². The molecule has 0 radical (unpaired) electrons. The number of hydrogen-bond donors (Lipinski definition) is 0. The molecule has 0 aliphatic rings. The SMILES string of the molecule is O=NCc1ccc(Cl)c2cccnc12. The van der Waals surface area contributed by atoms with Crippen LogP contribution in [-0.2, 0) is 6.54 Å². The zero-order valence-electron chi connectivity index (χ0n) is 7.27. The molecule has 1 aromatic carbocycles. The standard InChI is InChI=1S/C10H7ClN2O/c11-9-4-3-7(6-13-14)10-8(9)2-1-5-12-10/h1-5H,6H2. The van der Waals surface area contributed by atoms with Crippen LogP contribution in [0.25, 0.3) is 10.9 Å². The van der Waals surface area contributed by atoms with Crippen LogP contribution in [0, 0.1) is 4.91 Å². The molecule has 2 aromatic rings. The highest BCUT2D eigenvalue weighted by atomic mass is 35.5. The molecule has 2 rings (SSSR count). The third kappa shape index (κ3) is 1.46. The predicted octanol–water partition coefficient (Wildman–Crippen LogP) is 3.15. The molecule has 4 heteroatoms. The summed E-state index contributed by atoms with van der Waals surface area (Å²) in [6, 6.07) is 7.22. The minimum absolute atomic E-state index is 0.130. The monoisotopic (exact) mass is 206 g/mol. The Labute approximate surface area is 85.7 Å². The van der Waals surface area contributed by atoms with Gasteiger partial charge in [-0.1, -0.05) is 22.8 Å². The van der Waals surface area contributed by atoms with Gasteiger partial charge in [0.15, 0.2) is 0 Å². The Morgan fingerprint density at radius 2 is 2.21 bits per heavy atom. The van der Waals surface area contributed by atoms with E-state index in [1.807, 2.05) is 12.1 Å². The second kappa shape index (κ2) is 3.72. The fourth-order valence-electron chi connectivity index (χ4n) is 1.39. The lowest BCUT2D eigenvalue weighted by Gasteiger charge is -2.02. The van der Waals surface area contributed by atoms with E-state index in [0.29, 0.717) is 5.02 Å². The number of rotatable bonds is 2. The van der Waals surface area contributed by atoms with Gasteiger partial charge in [-0.2, -0.15) is 4.91 Å². The molecule has 0 aliphatic heterocycles. The average molecular weight is 207 g/mol. The minimum Gasteiger partial charge on any atom is -0.256 e. The van der Waals surface area contributed by atoms with Crippen LogP contribution in [0.1, 0.15) is 5.56 Å². The highest BCUT2D eigenvalue weighted by molar-refractivity contribution is 6.35. The van der Waals surface area contributed by atoms with Gasteiger partial charge in [0.25, 0.3) is 0 Å². The Morgan fingerprint density at radius 3 is 3.00 bits per heavy atom. The van der Waals surface area contributed by atoms with Gasteiger partial charge in [-0.05, 0) is 18.2 Å². The van der Waals surface area contributed by atoms with Crippen molar-refractivity contribution in [3.63, 3.8) is 0 Å². The molecule has 14 heavy (non-hydrogen) atoms. The van der Waals surface area contributed by atoms with Crippen molar-refractivity contribution >= 4 is 22.5 Å². The fourth-order valence-corrected chi connectivity index (χ4v) is 1.61. The Kier molecular flexibility index (Phi) is 2.41. The molecule has 70 valence electrons. The van der Waals surface area contributed by atoms with Gasteiger partial charge in [0.2, 0.25) is 0 Å². The molecule has 1 aromatic heterocycles. The van der Waals surface area contributed by atoms with Gasteiger partial charge < -0.3 is 0 Å². The topological polar surface area (TPSA) is 42.3 Å². The van der Waals surface area contributed by atoms with Gasteiger partial charge in [-0.3, -0.25) is 4.98 Å². The quantitative estimate of drug-likeness (QED) is 0.709. The lowest BCUT2D eigenvalue weighted by atomic mass is 10.1. The lowest BCUT2D eigenvalue weighted by molar-refractivity contribution is 1.06.